The van der Waals surface area contributed by atoms with Crippen LogP contribution in [-0.2, 0) is 9.59 Å². The summed E-state index contributed by atoms with van der Waals surface area (Å²) in [4.78, 5) is 29.9. The largest absolute Gasteiger partial charge is 0.497 e. The monoisotopic (exact) mass is 392 g/mol. The standard InChI is InChI=1S/C24H28N2O3/c1-16-6-4-7-21(17(16)2)26-15-19(14-23(26)27)24(28)25-13-5-8-22(25)18-9-11-20(29-3)12-10-18/h4,6-7,9-12,19,22H,5,8,13-15H2,1-3H3. The zero-order valence-electron chi connectivity index (χ0n) is 17.4. The number of anilines is 1. The molecule has 0 saturated carbocycles. The summed E-state index contributed by atoms with van der Waals surface area (Å²) in [6.07, 6.45) is 2.24. The smallest absolute Gasteiger partial charge is 0.228 e. The maximum Gasteiger partial charge on any atom is 0.228 e. The van der Waals surface area contributed by atoms with Gasteiger partial charge in [-0.3, -0.25) is 9.59 Å². The molecule has 4 rings (SSSR count). The lowest BCUT2D eigenvalue weighted by Crippen LogP contribution is -2.37. The van der Waals surface area contributed by atoms with Crippen LogP contribution < -0.4 is 9.64 Å². The number of rotatable bonds is 4. The summed E-state index contributed by atoms with van der Waals surface area (Å²) in [6, 6.07) is 14.0. The highest BCUT2D eigenvalue weighted by Crippen LogP contribution is 2.36. The van der Waals surface area contributed by atoms with Crippen LogP contribution in [0.25, 0.3) is 0 Å². The summed E-state index contributed by atoms with van der Waals surface area (Å²) in [7, 11) is 1.65. The number of likely N-dealkylation sites (tertiary alicyclic amines) is 1. The van der Waals surface area contributed by atoms with E-state index in [2.05, 4.69) is 0 Å². The van der Waals surface area contributed by atoms with Gasteiger partial charge in [0, 0.05) is 25.2 Å². The first-order valence-corrected chi connectivity index (χ1v) is 10.3. The van der Waals surface area contributed by atoms with Crippen molar-refractivity contribution >= 4 is 17.5 Å². The van der Waals surface area contributed by atoms with E-state index in [9.17, 15) is 9.59 Å². The van der Waals surface area contributed by atoms with E-state index in [1.165, 1.54) is 0 Å². The highest BCUT2D eigenvalue weighted by molar-refractivity contribution is 6.01. The highest BCUT2D eigenvalue weighted by Gasteiger charge is 2.40. The van der Waals surface area contributed by atoms with E-state index < -0.39 is 0 Å². The molecule has 2 amide bonds. The normalized spacial score (nSPS) is 21.7. The second-order valence-electron chi connectivity index (χ2n) is 8.09. The Kier molecular flexibility index (Phi) is 5.31. The Morgan fingerprint density at radius 2 is 1.86 bits per heavy atom. The molecule has 0 bridgehead atoms. The van der Waals surface area contributed by atoms with Gasteiger partial charge in [0.1, 0.15) is 5.75 Å². The van der Waals surface area contributed by atoms with Crippen LogP contribution in [0, 0.1) is 19.8 Å². The van der Waals surface area contributed by atoms with E-state index in [4.69, 9.17) is 4.74 Å². The molecule has 2 heterocycles. The summed E-state index contributed by atoms with van der Waals surface area (Å²) in [5, 5.41) is 0. The number of hydrogen-bond donors (Lipinski definition) is 0. The fraction of sp³-hybridized carbons (Fsp3) is 0.417. The SMILES string of the molecule is COc1ccc(C2CCCN2C(=O)C2CC(=O)N(c3cccc(C)c3C)C2)cc1. The van der Waals surface area contributed by atoms with Crippen LogP contribution in [0.5, 0.6) is 5.75 Å². The van der Waals surface area contributed by atoms with E-state index in [-0.39, 0.29) is 30.2 Å². The van der Waals surface area contributed by atoms with E-state index >= 15 is 0 Å². The summed E-state index contributed by atoms with van der Waals surface area (Å²) < 4.78 is 5.25. The molecular formula is C24H28N2O3. The third kappa shape index (κ3) is 3.61. The maximum atomic E-state index is 13.4. The molecule has 0 N–H and O–H groups in total. The van der Waals surface area contributed by atoms with Gasteiger partial charge in [0.15, 0.2) is 0 Å². The summed E-state index contributed by atoms with van der Waals surface area (Å²) in [5.74, 6) is 0.679. The molecule has 29 heavy (non-hydrogen) atoms. The van der Waals surface area contributed by atoms with Gasteiger partial charge in [0.2, 0.25) is 11.8 Å². The first kappa shape index (κ1) is 19.5. The topological polar surface area (TPSA) is 49.9 Å². The molecule has 5 heteroatoms. The lowest BCUT2D eigenvalue weighted by Gasteiger charge is -2.28. The third-order valence-corrected chi connectivity index (χ3v) is 6.38. The van der Waals surface area contributed by atoms with Gasteiger partial charge in [-0.2, -0.15) is 0 Å². The van der Waals surface area contributed by atoms with Gasteiger partial charge in [-0.1, -0.05) is 24.3 Å². The van der Waals surface area contributed by atoms with Crippen LogP contribution in [0.3, 0.4) is 0 Å². The Balaban J connectivity index is 1.51. The minimum absolute atomic E-state index is 0.0391. The molecule has 0 spiro atoms. The molecule has 2 aromatic carbocycles. The van der Waals surface area contributed by atoms with Gasteiger partial charge in [0.05, 0.1) is 19.1 Å². The van der Waals surface area contributed by atoms with Crippen LogP contribution in [0.1, 0.15) is 42.0 Å². The number of amides is 2. The molecule has 2 aliphatic heterocycles. The molecule has 0 aromatic heterocycles. The fourth-order valence-corrected chi connectivity index (χ4v) is 4.57. The van der Waals surface area contributed by atoms with Crippen LogP contribution in [0.4, 0.5) is 5.69 Å². The van der Waals surface area contributed by atoms with Crippen molar-refractivity contribution in [1.29, 1.82) is 0 Å². The molecule has 2 saturated heterocycles. The quantitative estimate of drug-likeness (QED) is 0.789. The van der Waals surface area contributed by atoms with E-state index in [1.54, 1.807) is 12.0 Å². The van der Waals surface area contributed by atoms with Gasteiger partial charge >= 0.3 is 0 Å². The van der Waals surface area contributed by atoms with Crippen LogP contribution in [0.2, 0.25) is 0 Å². The fourth-order valence-electron chi connectivity index (χ4n) is 4.57. The summed E-state index contributed by atoms with van der Waals surface area (Å²) >= 11 is 0. The molecule has 5 nitrogen and oxygen atoms in total. The van der Waals surface area contributed by atoms with E-state index in [1.807, 2.05) is 61.2 Å². The number of carbonyl (C=O) groups is 2. The van der Waals surface area contributed by atoms with Crippen LogP contribution in [-0.4, -0.2) is 36.9 Å². The number of hydrogen-bond acceptors (Lipinski definition) is 3. The average Bonchev–Trinajstić information content (AvgIpc) is 3.37. The molecule has 2 unspecified atom stereocenters. The Morgan fingerprint density at radius 1 is 1.10 bits per heavy atom. The number of aryl methyl sites for hydroxylation is 1. The number of benzene rings is 2. The molecule has 0 aliphatic carbocycles. The zero-order chi connectivity index (χ0) is 20.5. The van der Waals surface area contributed by atoms with Crippen LogP contribution in [0.15, 0.2) is 42.5 Å². The minimum atomic E-state index is -0.277. The highest BCUT2D eigenvalue weighted by atomic mass is 16.5. The van der Waals surface area contributed by atoms with E-state index in [0.717, 1.165) is 47.5 Å². The van der Waals surface area contributed by atoms with Gasteiger partial charge < -0.3 is 14.5 Å². The van der Waals surface area contributed by atoms with Gasteiger partial charge in [-0.25, -0.2) is 0 Å². The van der Waals surface area contributed by atoms with Gasteiger partial charge in [-0.05, 0) is 61.6 Å². The van der Waals surface area contributed by atoms with Crippen molar-refractivity contribution in [2.75, 3.05) is 25.1 Å². The van der Waals surface area contributed by atoms with Crippen molar-refractivity contribution in [3.63, 3.8) is 0 Å². The predicted octanol–water partition coefficient (Wildman–Crippen LogP) is 4.03. The molecule has 2 fully saturated rings. The van der Waals surface area contributed by atoms with E-state index in [0.29, 0.717) is 6.54 Å². The lowest BCUT2D eigenvalue weighted by molar-refractivity contribution is -0.136. The lowest BCUT2D eigenvalue weighted by atomic mass is 10.0. The maximum absolute atomic E-state index is 13.4. The Hall–Kier alpha value is -2.82. The minimum Gasteiger partial charge on any atom is -0.497 e. The molecule has 2 atom stereocenters. The number of ether oxygens (including phenoxy) is 1. The van der Waals surface area contributed by atoms with Crippen LogP contribution >= 0.6 is 0 Å². The Bertz CT molecular complexity index is 922. The first-order valence-electron chi connectivity index (χ1n) is 10.3. The number of methoxy groups -OCH3 is 1. The van der Waals surface area contributed by atoms with Gasteiger partial charge in [0.25, 0.3) is 0 Å². The number of carbonyl (C=O) groups excluding carboxylic acids is 2. The summed E-state index contributed by atoms with van der Waals surface area (Å²) in [6.45, 7) is 5.30. The Labute approximate surface area is 172 Å². The Morgan fingerprint density at radius 3 is 2.59 bits per heavy atom. The molecule has 2 aromatic rings. The first-order chi connectivity index (χ1) is 14.0. The molecule has 2 aliphatic rings. The molecular weight excluding hydrogens is 364 g/mol. The zero-order valence-corrected chi connectivity index (χ0v) is 17.4. The predicted molar refractivity (Wildman–Crippen MR) is 113 cm³/mol. The van der Waals surface area contributed by atoms with Crippen molar-refractivity contribution in [1.82, 2.24) is 4.90 Å². The number of nitrogens with zero attached hydrogens (tertiary/aromatic N) is 2. The van der Waals surface area contributed by atoms with Crippen molar-refractivity contribution in [2.45, 2.75) is 39.2 Å². The third-order valence-electron chi connectivity index (χ3n) is 6.38. The second kappa shape index (κ2) is 7.90. The second-order valence-corrected chi connectivity index (χ2v) is 8.09. The van der Waals surface area contributed by atoms with Crippen molar-refractivity contribution in [3.8, 4) is 5.75 Å². The molecule has 152 valence electrons. The molecule has 0 radical (unpaired) electrons. The average molecular weight is 392 g/mol. The van der Waals surface area contributed by atoms with Crippen molar-refractivity contribution < 1.29 is 14.3 Å². The van der Waals surface area contributed by atoms with Crippen molar-refractivity contribution in [3.05, 3.63) is 59.2 Å². The summed E-state index contributed by atoms with van der Waals surface area (Å²) in [5.41, 5.74) is 4.32. The van der Waals surface area contributed by atoms with Gasteiger partial charge in [-0.15, -0.1) is 0 Å². The van der Waals surface area contributed by atoms with Crippen molar-refractivity contribution in [2.24, 2.45) is 5.92 Å².